The predicted octanol–water partition coefficient (Wildman–Crippen LogP) is 3.11. The molecular weight excluding hydrogens is 505 g/mol. The highest BCUT2D eigenvalue weighted by atomic mass is 127. The molecule has 0 spiro atoms. The summed E-state index contributed by atoms with van der Waals surface area (Å²) >= 11 is 0. The summed E-state index contributed by atoms with van der Waals surface area (Å²) < 4.78 is 38.6. The van der Waals surface area contributed by atoms with Gasteiger partial charge in [0.1, 0.15) is 11.6 Å². The van der Waals surface area contributed by atoms with Crippen LogP contribution in [0.15, 0.2) is 23.2 Å². The lowest BCUT2D eigenvalue weighted by atomic mass is 10.0. The number of aliphatic imine (C=N–C) groups is 1. The Labute approximate surface area is 195 Å². The van der Waals surface area contributed by atoms with E-state index in [1.165, 1.54) is 12.1 Å². The number of rotatable bonds is 7. The first-order valence-electron chi connectivity index (χ1n) is 10.5. The maximum atomic E-state index is 14.0. The van der Waals surface area contributed by atoms with Crippen molar-refractivity contribution in [2.45, 2.75) is 19.3 Å². The highest BCUT2D eigenvalue weighted by Crippen LogP contribution is 2.22. The lowest BCUT2D eigenvalue weighted by Crippen LogP contribution is -2.52. The van der Waals surface area contributed by atoms with Crippen molar-refractivity contribution in [3.63, 3.8) is 0 Å². The third kappa shape index (κ3) is 7.49. The van der Waals surface area contributed by atoms with Crippen LogP contribution in [0, 0.1) is 17.6 Å². The Hall–Kier alpha value is -1.20. The van der Waals surface area contributed by atoms with Gasteiger partial charge in [0.2, 0.25) is 0 Å². The highest BCUT2D eigenvalue weighted by Gasteiger charge is 2.22. The molecule has 0 atom stereocenters. The molecule has 2 fully saturated rings. The van der Waals surface area contributed by atoms with E-state index in [0.29, 0.717) is 37.8 Å². The fourth-order valence-electron chi connectivity index (χ4n) is 3.76. The van der Waals surface area contributed by atoms with Gasteiger partial charge in [-0.1, -0.05) is 0 Å². The molecule has 2 aliphatic heterocycles. The molecule has 0 unspecified atom stereocenters. The fourth-order valence-corrected chi connectivity index (χ4v) is 3.76. The monoisotopic (exact) mass is 538 g/mol. The molecule has 2 heterocycles. The van der Waals surface area contributed by atoms with Crippen LogP contribution in [0.4, 0.5) is 14.5 Å². The minimum absolute atomic E-state index is 0. The van der Waals surface area contributed by atoms with Crippen LogP contribution in [0.2, 0.25) is 0 Å². The second-order valence-electron chi connectivity index (χ2n) is 7.53. The fraction of sp³-hybridized carbons (Fsp3) is 0.667. The summed E-state index contributed by atoms with van der Waals surface area (Å²) in [4.78, 5) is 8.39. The number of hydrogen-bond acceptors (Lipinski definition) is 4. The average molecular weight is 538 g/mol. The molecule has 0 radical (unpaired) electrons. The molecule has 3 rings (SSSR count). The lowest BCUT2D eigenvalue weighted by molar-refractivity contribution is 0.0203. The zero-order chi connectivity index (χ0) is 20.5. The van der Waals surface area contributed by atoms with Crippen LogP contribution in [0.3, 0.4) is 0 Å². The van der Waals surface area contributed by atoms with Crippen molar-refractivity contribution in [2.75, 3.05) is 71.1 Å². The number of ether oxygens (including phenoxy) is 2. The maximum absolute atomic E-state index is 14.0. The number of piperazine rings is 1. The van der Waals surface area contributed by atoms with E-state index in [4.69, 9.17) is 9.47 Å². The Morgan fingerprint density at radius 2 is 1.93 bits per heavy atom. The number of nitrogens with one attached hydrogen (secondary N) is 1. The smallest absolute Gasteiger partial charge is 0.193 e. The van der Waals surface area contributed by atoms with Crippen molar-refractivity contribution in [2.24, 2.45) is 10.9 Å². The summed E-state index contributed by atoms with van der Waals surface area (Å²) in [7, 11) is 1.77. The van der Waals surface area contributed by atoms with Crippen molar-refractivity contribution in [1.29, 1.82) is 0 Å². The van der Waals surface area contributed by atoms with E-state index in [0.717, 1.165) is 64.3 Å². The van der Waals surface area contributed by atoms with Crippen molar-refractivity contribution >= 4 is 35.6 Å². The van der Waals surface area contributed by atoms with Crippen molar-refractivity contribution in [1.82, 2.24) is 10.2 Å². The van der Waals surface area contributed by atoms with E-state index in [-0.39, 0.29) is 29.8 Å². The second-order valence-corrected chi connectivity index (χ2v) is 7.53. The Morgan fingerprint density at radius 1 is 1.20 bits per heavy atom. The Balaban J connectivity index is 0.00000320. The van der Waals surface area contributed by atoms with Crippen molar-refractivity contribution in [3.05, 3.63) is 29.8 Å². The SMILES string of the molecule is CN=C(NCCCOCC1CCOCC1)N1CCN(c2cc(F)ccc2F)CC1.I. The van der Waals surface area contributed by atoms with Gasteiger partial charge in [0, 0.05) is 72.3 Å². The van der Waals surface area contributed by atoms with E-state index in [1.54, 1.807) is 7.05 Å². The number of nitrogens with zero attached hydrogens (tertiary/aromatic N) is 3. The Morgan fingerprint density at radius 3 is 2.63 bits per heavy atom. The molecule has 6 nitrogen and oxygen atoms in total. The minimum atomic E-state index is -0.416. The largest absolute Gasteiger partial charge is 0.381 e. The molecule has 2 saturated heterocycles. The van der Waals surface area contributed by atoms with Gasteiger partial charge >= 0.3 is 0 Å². The van der Waals surface area contributed by atoms with E-state index in [2.05, 4.69) is 15.2 Å². The summed E-state index contributed by atoms with van der Waals surface area (Å²) in [6, 6.07) is 3.59. The number of hydrogen-bond donors (Lipinski definition) is 1. The van der Waals surface area contributed by atoms with Gasteiger partial charge in [0.25, 0.3) is 0 Å². The quantitative estimate of drug-likeness (QED) is 0.250. The van der Waals surface area contributed by atoms with Crippen LogP contribution in [-0.2, 0) is 9.47 Å². The first-order chi connectivity index (χ1) is 14.2. The van der Waals surface area contributed by atoms with E-state index in [1.807, 2.05) is 4.90 Å². The zero-order valence-electron chi connectivity index (χ0n) is 17.6. The van der Waals surface area contributed by atoms with Crippen LogP contribution in [0.5, 0.6) is 0 Å². The van der Waals surface area contributed by atoms with Gasteiger partial charge in [0.05, 0.1) is 5.69 Å². The van der Waals surface area contributed by atoms with Crippen LogP contribution >= 0.6 is 24.0 Å². The first kappa shape index (κ1) is 25.1. The van der Waals surface area contributed by atoms with Gasteiger partial charge in [-0.2, -0.15) is 0 Å². The molecule has 1 N–H and O–H groups in total. The Kier molecular flexibility index (Phi) is 11.1. The summed E-state index contributed by atoms with van der Waals surface area (Å²) in [6.07, 6.45) is 3.10. The van der Waals surface area contributed by atoms with Crippen LogP contribution < -0.4 is 10.2 Å². The molecule has 170 valence electrons. The summed E-state index contributed by atoms with van der Waals surface area (Å²) in [6.45, 7) is 6.69. The second kappa shape index (κ2) is 13.3. The van der Waals surface area contributed by atoms with Crippen LogP contribution in [-0.4, -0.2) is 77.1 Å². The van der Waals surface area contributed by atoms with Gasteiger partial charge < -0.3 is 24.6 Å². The van der Waals surface area contributed by atoms with Crippen LogP contribution in [0.1, 0.15) is 19.3 Å². The molecule has 9 heteroatoms. The molecular formula is C21H33F2IN4O2. The topological polar surface area (TPSA) is 49.3 Å². The average Bonchev–Trinajstić information content (AvgIpc) is 2.76. The molecule has 0 aromatic heterocycles. The summed E-state index contributed by atoms with van der Waals surface area (Å²) in [5, 5.41) is 3.38. The Bertz CT molecular complexity index is 666. The van der Waals surface area contributed by atoms with Gasteiger partial charge in [0.15, 0.2) is 5.96 Å². The lowest BCUT2D eigenvalue weighted by Gasteiger charge is -2.37. The molecule has 30 heavy (non-hydrogen) atoms. The molecule has 2 aliphatic rings. The van der Waals surface area contributed by atoms with E-state index < -0.39 is 5.82 Å². The third-order valence-electron chi connectivity index (χ3n) is 5.48. The summed E-state index contributed by atoms with van der Waals surface area (Å²) in [5.41, 5.74) is 0.328. The van der Waals surface area contributed by atoms with Crippen LogP contribution in [0.25, 0.3) is 0 Å². The van der Waals surface area contributed by atoms with E-state index >= 15 is 0 Å². The molecule has 0 amide bonds. The van der Waals surface area contributed by atoms with E-state index in [9.17, 15) is 8.78 Å². The first-order valence-corrected chi connectivity index (χ1v) is 10.5. The van der Waals surface area contributed by atoms with Gasteiger partial charge in [-0.15, -0.1) is 24.0 Å². The van der Waals surface area contributed by atoms with Gasteiger partial charge in [-0.05, 0) is 37.3 Å². The van der Waals surface area contributed by atoms with Gasteiger partial charge in [-0.25, -0.2) is 8.78 Å². The molecule has 0 aliphatic carbocycles. The number of benzene rings is 1. The number of anilines is 1. The van der Waals surface area contributed by atoms with Crippen molar-refractivity contribution < 1.29 is 18.3 Å². The standard InChI is InChI=1S/C21H32F2N4O2.HI/c1-24-21(25-7-2-12-29-16-17-5-13-28-14-6-17)27-10-8-26(9-11-27)20-15-18(22)3-4-19(20)23;/h3-4,15,17H,2,5-14,16H2,1H3,(H,24,25);1H. The summed E-state index contributed by atoms with van der Waals surface area (Å²) in [5.74, 6) is 0.668. The number of guanidine groups is 1. The molecule has 1 aromatic carbocycles. The van der Waals surface area contributed by atoms with Crippen molar-refractivity contribution in [3.8, 4) is 0 Å². The molecule has 0 bridgehead atoms. The number of halogens is 3. The van der Waals surface area contributed by atoms with Gasteiger partial charge in [-0.3, -0.25) is 4.99 Å². The molecule has 0 saturated carbocycles. The normalized spacial score (nSPS) is 18.3. The highest BCUT2D eigenvalue weighted by molar-refractivity contribution is 14.0. The maximum Gasteiger partial charge on any atom is 0.193 e. The predicted molar refractivity (Wildman–Crippen MR) is 126 cm³/mol. The third-order valence-corrected chi connectivity index (χ3v) is 5.48. The minimum Gasteiger partial charge on any atom is -0.381 e. The molecule has 1 aromatic rings. The zero-order valence-corrected chi connectivity index (χ0v) is 19.9.